The Bertz CT molecular complexity index is 1340. The molecule has 35 heavy (non-hydrogen) atoms. The fourth-order valence-corrected chi connectivity index (χ4v) is 3.57. The highest BCUT2D eigenvalue weighted by atomic mass is 19.4. The SMILES string of the molecule is COc1ccc(C(F)(F)F)cc1NC(=O)Nc1ccc(C)c(Cn2ccnc2-c2ccncc2)c1. The zero-order chi connectivity index (χ0) is 25.0. The van der Waals surface area contributed by atoms with Crippen molar-refractivity contribution in [2.24, 2.45) is 0 Å². The molecule has 0 saturated carbocycles. The smallest absolute Gasteiger partial charge is 0.416 e. The molecule has 180 valence electrons. The molecule has 2 aromatic heterocycles. The maximum absolute atomic E-state index is 13.1. The van der Waals surface area contributed by atoms with Gasteiger partial charge in [-0.1, -0.05) is 6.07 Å². The van der Waals surface area contributed by atoms with Crippen LogP contribution in [0.3, 0.4) is 0 Å². The molecule has 4 rings (SSSR count). The van der Waals surface area contributed by atoms with Gasteiger partial charge in [0.1, 0.15) is 11.6 Å². The van der Waals surface area contributed by atoms with Crippen molar-refractivity contribution in [1.82, 2.24) is 14.5 Å². The van der Waals surface area contributed by atoms with E-state index in [0.717, 1.165) is 40.7 Å². The second-order valence-corrected chi connectivity index (χ2v) is 7.75. The number of pyridine rings is 1. The van der Waals surface area contributed by atoms with Crippen LogP contribution >= 0.6 is 0 Å². The van der Waals surface area contributed by atoms with Crippen molar-refractivity contribution in [3.63, 3.8) is 0 Å². The number of anilines is 2. The number of benzene rings is 2. The number of ether oxygens (including phenoxy) is 1. The van der Waals surface area contributed by atoms with Crippen molar-refractivity contribution in [2.45, 2.75) is 19.6 Å². The van der Waals surface area contributed by atoms with Crippen molar-refractivity contribution in [3.8, 4) is 17.1 Å². The number of halogens is 3. The van der Waals surface area contributed by atoms with Gasteiger partial charge < -0.3 is 19.9 Å². The molecule has 4 aromatic rings. The molecular formula is C25H22F3N5O2. The highest BCUT2D eigenvalue weighted by molar-refractivity contribution is 6.00. The number of imidazole rings is 1. The van der Waals surface area contributed by atoms with Crippen LogP contribution in [0.4, 0.5) is 29.3 Å². The van der Waals surface area contributed by atoms with Crippen LogP contribution < -0.4 is 15.4 Å². The Morgan fingerprint density at radius 3 is 2.51 bits per heavy atom. The van der Waals surface area contributed by atoms with Gasteiger partial charge in [0.05, 0.1) is 18.4 Å². The van der Waals surface area contributed by atoms with E-state index in [1.54, 1.807) is 24.7 Å². The molecule has 7 nitrogen and oxygen atoms in total. The third kappa shape index (κ3) is 5.60. The topological polar surface area (TPSA) is 81.1 Å². The second-order valence-electron chi connectivity index (χ2n) is 7.75. The number of rotatable bonds is 6. The van der Waals surface area contributed by atoms with Crippen LogP contribution in [0.5, 0.6) is 5.75 Å². The largest absolute Gasteiger partial charge is 0.495 e. The van der Waals surface area contributed by atoms with Crippen LogP contribution in [-0.2, 0) is 12.7 Å². The summed E-state index contributed by atoms with van der Waals surface area (Å²) in [5, 5.41) is 5.11. The number of nitrogens with one attached hydrogen (secondary N) is 2. The maximum Gasteiger partial charge on any atom is 0.416 e. The Balaban J connectivity index is 1.52. The van der Waals surface area contributed by atoms with Gasteiger partial charge in [-0.25, -0.2) is 9.78 Å². The van der Waals surface area contributed by atoms with E-state index in [2.05, 4.69) is 20.6 Å². The normalized spacial score (nSPS) is 11.2. The molecule has 0 aliphatic rings. The number of hydrogen-bond acceptors (Lipinski definition) is 4. The Morgan fingerprint density at radius 2 is 1.80 bits per heavy atom. The maximum atomic E-state index is 13.1. The van der Waals surface area contributed by atoms with E-state index in [0.29, 0.717) is 12.2 Å². The first-order valence-electron chi connectivity index (χ1n) is 10.6. The van der Waals surface area contributed by atoms with Gasteiger partial charge in [-0.15, -0.1) is 0 Å². The number of nitrogens with zero attached hydrogens (tertiary/aromatic N) is 3. The lowest BCUT2D eigenvalue weighted by molar-refractivity contribution is -0.137. The quantitative estimate of drug-likeness (QED) is 0.355. The van der Waals surface area contributed by atoms with E-state index in [-0.39, 0.29) is 11.4 Å². The van der Waals surface area contributed by atoms with Gasteiger partial charge in [0.2, 0.25) is 0 Å². The predicted octanol–water partition coefficient (Wildman–Crippen LogP) is 5.97. The third-order valence-corrected chi connectivity index (χ3v) is 5.38. The summed E-state index contributed by atoms with van der Waals surface area (Å²) in [5.41, 5.74) is 2.37. The second kappa shape index (κ2) is 9.88. The number of methoxy groups -OCH3 is 1. The number of amides is 2. The highest BCUT2D eigenvalue weighted by Crippen LogP contribution is 2.35. The Morgan fingerprint density at radius 1 is 1.03 bits per heavy atom. The minimum Gasteiger partial charge on any atom is -0.495 e. The predicted molar refractivity (Wildman–Crippen MR) is 126 cm³/mol. The Hall–Kier alpha value is -4.34. The fourth-order valence-electron chi connectivity index (χ4n) is 3.57. The molecule has 2 aromatic carbocycles. The molecule has 0 fully saturated rings. The van der Waals surface area contributed by atoms with E-state index in [1.807, 2.05) is 42.0 Å². The molecular weight excluding hydrogens is 459 g/mol. The molecule has 2 heterocycles. The van der Waals surface area contributed by atoms with Crippen molar-refractivity contribution in [1.29, 1.82) is 0 Å². The molecule has 0 spiro atoms. The lowest BCUT2D eigenvalue weighted by atomic mass is 10.1. The van der Waals surface area contributed by atoms with Crippen molar-refractivity contribution in [2.75, 3.05) is 17.7 Å². The van der Waals surface area contributed by atoms with Gasteiger partial charge >= 0.3 is 12.2 Å². The summed E-state index contributed by atoms with van der Waals surface area (Å²) in [6.45, 7) is 2.46. The van der Waals surface area contributed by atoms with Crippen molar-refractivity contribution >= 4 is 17.4 Å². The zero-order valence-electron chi connectivity index (χ0n) is 18.9. The van der Waals surface area contributed by atoms with Gasteiger partial charge in [-0.05, 0) is 60.5 Å². The van der Waals surface area contributed by atoms with Gasteiger partial charge in [-0.2, -0.15) is 13.2 Å². The molecule has 2 amide bonds. The molecule has 0 atom stereocenters. The Kier molecular flexibility index (Phi) is 6.72. The molecule has 2 N–H and O–H groups in total. The van der Waals surface area contributed by atoms with Gasteiger partial charge in [0.15, 0.2) is 0 Å². The van der Waals surface area contributed by atoms with Crippen LogP contribution in [0.15, 0.2) is 73.3 Å². The van der Waals surface area contributed by atoms with E-state index < -0.39 is 17.8 Å². The summed E-state index contributed by atoms with van der Waals surface area (Å²) in [4.78, 5) is 21.1. The van der Waals surface area contributed by atoms with Crippen molar-refractivity contribution < 1.29 is 22.7 Å². The van der Waals surface area contributed by atoms with Crippen LogP contribution in [0, 0.1) is 6.92 Å². The van der Waals surface area contributed by atoms with Crippen LogP contribution in [-0.4, -0.2) is 27.7 Å². The molecule has 0 bridgehead atoms. The summed E-state index contributed by atoms with van der Waals surface area (Å²) in [7, 11) is 1.31. The molecule has 10 heteroatoms. The summed E-state index contributed by atoms with van der Waals surface area (Å²) >= 11 is 0. The van der Waals surface area contributed by atoms with Gasteiger partial charge in [-0.3, -0.25) is 4.98 Å². The summed E-state index contributed by atoms with van der Waals surface area (Å²) in [6, 6.07) is 11.3. The summed E-state index contributed by atoms with van der Waals surface area (Å²) in [5.74, 6) is 0.890. The van der Waals surface area contributed by atoms with E-state index >= 15 is 0 Å². The van der Waals surface area contributed by atoms with Gasteiger partial charge in [0, 0.05) is 42.6 Å². The van der Waals surface area contributed by atoms with E-state index in [1.165, 1.54) is 7.11 Å². The first-order chi connectivity index (χ1) is 16.7. The molecule has 0 saturated heterocycles. The van der Waals surface area contributed by atoms with Gasteiger partial charge in [0.25, 0.3) is 0 Å². The summed E-state index contributed by atoms with van der Waals surface area (Å²) < 4.78 is 46.3. The number of alkyl halides is 3. The molecule has 0 radical (unpaired) electrons. The average Bonchev–Trinajstić information content (AvgIpc) is 3.29. The standard InChI is InChI=1S/C25H22F3N5O2/c1-16-3-5-20(13-18(16)15-33-12-11-30-23(33)17-7-9-29-10-8-17)31-24(34)32-21-14-19(25(26,27)28)4-6-22(21)35-2/h3-14H,15H2,1-2H3,(H2,31,32,34). The first kappa shape index (κ1) is 23.8. The minimum atomic E-state index is -4.55. The lowest BCUT2D eigenvalue weighted by Crippen LogP contribution is -2.20. The number of aryl methyl sites for hydroxylation is 1. The molecule has 0 unspecified atom stereocenters. The number of urea groups is 1. The zero-order valence-corrected chi connectivity index (χ0v) is 18.9. The van der Waals surface area contributed by atoms with Crippen LogP contribution in [0.2, 0.25) is 0 Å². The van der Waals surface area contributed by atoms with Crippen molar-refractivity contribution in [3.05, 3.63) is 90.0 Å². The molecule has 0 aliphatic heterocycles. The first-order valence-corrected chi connectivity index (χ1v) is 10.6. The Labute approximate surface area is 199 Å². The number of hydrogen-bond donors (Lipinski definition) is 2. The number of carbonyl (C=O) groups excluding carboxylic acids is 1. The number of aromatic nitrogens is 3. The third-order valence-electron chi connectivity index (χ3n) is 5.38. The van der Waals surface area contributed by atoms with E-state index in [9.17, 15) is 18.0 Å². The van der Waals surface area contributed by atoms with Crippen LogP contribution in [0.1, 0.15) is 16.7 Å². The highest BCUT2D eigenvalue weighted by Gasteiger charge is 2.31. The average molecular weight is 481 g/mol. The molecule has 0 aliphatic carbocycles. The summed E-state index contributed by atoms with van der Waals surface area (Å²) in [6.07, 6.45) is 2.42. The number of carbonyl (C=O) groups is 1. The van der Waals surface area contributed by atoms with Crippen LogP contribution in [0.25, 0.3) is 11.4 Å². The van der Waals surface area contributed by atoms with E-state index in [4.69, 9.17) is 4.74 Å². The fraction of sp³-hybridized carbons (Fsp3) is 0.160. The monoisotopic (exact) mass is 481 g/mol. The lowest BCUT2D eigenvalue weighted by Gasteiger charge is -2.15. The minimum absolute atomic E-state index is 0.0902.